The summed E-state index contributed by atoms with van der Waals surface area (Å²) in [5.41, 5.74) is 5.20. The van der Waals surface area contributed by atoms with Crippen molar-refractivity contribution in [3.05, 3.63) is 52.9 Å². The number of fused-ring (bicyclic) bond motifs is 1. The Balaban J connectivity index is 1.92. The molecule has 190 valence electrons. The molecule has 2 aromatic rings. The largest absolute Gasteiger partial charge is 0.392 e. The van der Waals surface area contributed by atoms with Gasteiger partial charge in [-0.1, -0.05) is 0 Å². The zero-order valence-electron chi connectivity index (χ0n) is 22.6. The summed E-state index contributed by atoms with van der Waals surface area (Å²) in [4.78, 5) is 21.4. The first-order valence-corrected chi connectivity index (χ1v) is 12.9. The van der Waals surface area contributed by atoms with Crippen LogP contribution in [-0.2, 0) is 4.79 Å². The van der Waals surface area contributed by atoms with Gasteiger partial charge in [0, 0.05) is 66.1 Å². The van der Waals surface area contributed by atoms with Crippen molar-refractivity contribution in [1.82, 2.24) is 15.2 Å². The Labute approximate surface area is 211 Å². The lowest BCUT2D eigenvalue weighted by atomic mass is 9.89. The third-order valence-corrected chi connectivity index (χ3v) is 7.41. The quantitative estimate of drug-likeness (QED) is 0.275. The normalized spacial score (nSPS) is 19.5. The molecule has 1 aromatic heterocycles. The molecule has 3 rings (SSSR count). The Hall–Kier alpha value is -2.86. The first-order valence-electron chi connectivity index (χ1n) is 12.9. The summed E-state index contributed by atoms with van der Waals surface area (Å²) < 4.78 is 0. The number of anilines is 2. The summed E-state index contributed by atoms with van der Waals surface area (Å²) in [6, 6.07) is 7.90. The number of hydrogen-bond acceptors (Lipinski definition) is 6. The molecule has 1 aliphatic rings. The minimum Gasteiger partial charge on any atom is -0.392 e. The van der Waals surface area contributed by atoms with E-state index < -0.39 is 0 Å². The number of nitrogens with zero attached hydrogens (tertiary/aromatic N) is 3. The molecule has 35 heavy (non-hydrogen) atoms. The Bertz CT molecular complexity index is 1080. The summed E-state index contributed by atoms with van der Waals surface area (Å²) >= 11 is 0. The van der Waals surface area contributed by atoms with Crippen LogP contribution in [0.15, 0.2) is 47.3 Å². The van der Waals surface area contributed by atoms with E-state index in [1.807, 2.05) is 33.2 Å². The van der Waals surface area contributed by atoms with Crippen molar-refractivity contribution < 1.29 is 4.79 Å². The fraction of sp³-hybridized carbons (Fsp3) is 0.517. The van der Waals surface area contributed by atoms with Gasteiger partial charge in [-0.25, -0.2) is 4.98 Å². The highest BCUT2D eigenvalue weighted by molar-refractivity contribution is 6.01. The summed E-state index contributed by atoms with van der Waals surface area (Å²) in [5, 5.41) is 8.87. The van der Waals surface area contributed by atoms with Gasteiger partial charge >= 0.3 is 0 Å². The van der Waals surface area contributed by atoms with Crippen LogP contribution < -0.4 is 15.5 Å². The van der Waals surface area contributed by atoms with Crippen molar-refractivity contribution in [2.24, 2.45) is 0 Å². The summed E-state index contributed by atoms with van der Waals surface area (Å²) in [6.45, 7) is 9.79. The predicted molar refractivity (Wildman–Crippen MR) is 149 cm³/mol. The minimum atomic E-state index is 0.435. The van der Waals surface area contributed by atoms with Crippen LogP contribution in [0.25, 0.3) is 10.8 Å². The fourth-order valence-corrected chi connectivity index (χ4v) is 5.24. The average molecular weight is 478 g/mol. The number of aldehydes is 1. The van der Waals surface area contributed by atoms with Gasteiger partial charge < -0.3 is 20.4 Å². The molecule has 0 radical (unpaired) electrons. The smallest absolute Gasteiger partial charge is 0.148 e. The first-order chi connectivity index (χ1) is 16.8. The topological polar surface area (TPSA) is 60.5 Å². The Morgan fingerprint density at radius 3 is 2.40 bits per heavy atom. The molecule has 6 nitrogen and oxygen atoms in total. The van der Waals surface area contributed by atoms with Crippen LogP contribution in [0.4, 0.5) is 11.5 Å². The standard InChI is InChI=1S/C29H43N5O/c1-8-34(25-11-9-24(10-12-25)33(6)7)28-16-20(2)15-27-26(28)13-14-31-29(27)32-18-23(19-35)21(3)17-22(4)30-5/h13-17,19,24-25,30H,8-12,18H2,1-7H3,(H,31,32)/b22-17-,23-21-. The van der Waals surface area contributed by atoms with E-state index >= 15 is 0 Å². The molecule has 2 N–H and O–H groups in total. The number of carbonyl (C=O) groups excluding carboxylic acids is 1. The highest BCUT2D eigenvalue weighted by Crippen LogP contribution is 2.36. The molecule has 0 spiro atoms. The molecular weight excluding hydrogens is 434 g/mol. The van der Waals surface area contributed by atoms with Crippen molar-refractivity contribution >= 4 is 28.6 Å². The number of aromatic nitrogens is 1. The van der Waals surface area contributed by atoms with Crippen LogP contribution >= 0.6 is 0 Å². The second-order valence-electron chi connectivity index (χ2n) is 10.0. The van der Waals surface area contributed by atoms with Gasteiger partial charge in [0.25, 0.3) is 0 Å². The molecule has 0 unspecified atom stereocenters. The van der Waals surface area contributed by atoms with Crippen LogP contribution in [0, 0.1) is 6.92 Å². The lowest BCUT2D eigenvalue weighted by molar-refractivity contribution is -0.104. The lowest BCUT2D eigenvalue weighted by Crippen LogP contribution is -2.42. The van der Waals surface area contributed by atoms with Crippen LogP contribution in [0.2, 0.25) is 0 Å². The van der Waals surface area contributed by atoms with E-state index in [-0.39, 0.29) is 0 Å². The van der Waals surface area contributed by atoms with Crippen molar-refractivity contribution in [2.45, 2.75) is 65.5 Å². The Morgan fingerprint density at radius 2 is 1.80 bits per heavy atom. The highest BCUT2D eigenvalue weighted by atomic mass is 16.1. The van der Waals surface area contributed by atoms with E-state index in [1.54, 1.807) is 0 Å². The maximum atomic E-state index is 11.8. The van der Waals surface area contributed by atoms with Gasteiger partial charge in [0.15, 0.2) is 0 Å². The molecule has 1 aromatic carbocycles. The maximum absolute atomic E-state index is 11.8. The van der Waals surface area contributed by atoms with Gasteiger partial charge in [-0.2, -0.15) is 0 Å². The van der Waals surface area contributed by atoms with Gasteiger partial charge in [0.05, 0.1) is 0 Å². The third-order valence-electron chi connectivity index (χ3n) is 7.41. The van der Waals surface area contributed by atoms with Gasteiger partial charge in [-0.15, -0.1) is 0 Å². The molecule has 1 aliphatic carbocycles. The van der Waals surface area contributed by atoms with Crippen molar-refractivity contribution in [2.75, 3.05) is 44.4 Å². The molecule has 0 amide bonds. The van der Waals surface area contributed by atoms with Crippen LogP contribution in [0.1, 0.15) is 52.0 Å². The van der Waals surface area contributed by atoms with Crippen LogP contribution in [-0.4, -0.2) is 62.5 Å². The molecule has 0 aliphatic heterocycles. The van der Waals surface area contributed by atoms with Gasteiger partial charge in [0.1, 0.15) is 12.1 Å². The SMILES string of the molecule is CCN(c1cc(C)cc2c(NC/C(C=O)=C(C)/C=C(/C)NC)nccc12)C1CCC(N(C)C)CC1. The maximum Gasteiger partial charge on any atom is 0.148 e. The zero-order chi connectivity index (χ0) is 25.5. The van der Waals surface area contributed by atoms with E-state index in [0.717, 1.165) is 40.9 Å². The highest BCUT2D eigenvalue weighted by Gasteiger charge is 2.27. The molecule has 1 heterocycles. The molecule has 0 saturated heterocycles. The van der Waals surface area contributed by atoms with Crippen LogP contribution in [0.3, 0.4) is 0 Å². The zero-order valence-corrected chi connectivity index (χ0v) is 22.6. The molecule has 0 bridgehead atoms. The third kappa shape index (κ3) is 6.43. The van der Waals surface area contributed by atoms with E-state index in [4.69, 9.17) is 0 Å². The monoisotopic (exact) mass is 477 g/mol. The van der Waals surface area contributed by atoms with Gasteiger partial charge in [-0.05, 0) is 103 Å². The number of benzene rings is 1. The second-order valence-corrected chi connectivity index (χ2v) is 10.0. The fourth-order valence-electron chi connectivity index (χ4n) is 5.24. The lowest BCUT2D eigenvalue weighted by Gasteiger charge is -2.40. The first kappa shape index (κ1) is 26.7. The van der Waals surface area contributed by atoms with E-state index in [9.17, 15) is 4.79 Å². The van der Waals surface area contributed by atoms with Crippen molar-refractivity contribution in [1.29, 1.82) is 0 Å². The number of rotatable bonds is 10. The molecular formula is C29H43N5O. The minimum absolute atomic E-state index is 0.435. The number of pyridine rings is 1. The van der Waals surface area contributed by atoms with E-state index in [2.05, 4.69) is 71.6 Å². The van der Waals surface area contributed by atoms with Crippen LogP contribution in [0.5, 0.6) is 0 Å². The van der Waals surface area contributed by atoms with Crippen molar-refractivity contribution in [3.8, 4) is 0 Å². The molecule has 0 atom stereocenters. The predicted octanol–water partition coefficient (Wildman–Crippen LogP) is 5.29. The molecule has 6 heteroatoms. The van der Waals surface area contributed by atoms with E-state index in [1.165, 1.54) is 42.3 Å². The van der Waals surface area contributed by atoms with Gasteiger partial charge in [0.2, 0.25) is 0 Å². The summed E-state index contributed by atoms with van der Waals surface area (Å²) in [7, 11) is 6.28. The van der Waals surface area contributed by atoms with E-state index in [0.29, 0.717) is 18.6 Å². The second kappa shape index (κ2) is 12.2. The molecule has 1 fully saturated rings. The number of allylic oxidation sites excluding steroid dienone is 3. The summed E-state index contributed by atoms with van der Waals surface area (Å²) in [6.07, 6.45) is 9.73. The number of hydrogen-bond donors (Lipinski definition) is 2. The Kier molecular flexibility index (Phi) is 9.33. The number of nitrogens with one attached hydrogen (secondary N) is 2. The van der Waals surface area contributed by atoms with Crippen molar-refractivity contribution in [3.63, 3.8) is 0 Å². The number of aryl methyl sites for hydroxylation is 1. The molecule has 1 saturated carbocycles. The number of carbonyl (C=O) groups is 1. The van der Waals surface area contributed by atoms with Gasteiger partial charge in [-0.3, -0.25) is 4.79 Å². The Morgan fingerprint density at radius 1 is 1.11 bits per heavy atom. The average Bonchev–Trinajstić information content (AvgIpc) is 2.85. The summed E-state index contributed by atoms with van der Waals surface area (Å²) in [5.74, 6) is 0.821.